The molecule has 0 unspecified atom stereocenters. The molecule has 0 amide bonds. The number of piperazine rings is 1. The van der Waals surface area contributed by atoms with Gasteiger partial charge in [-0.2, -0.15) is 8.61 Å². The van der Waals surface area contributed by atoms with Crippen LogP contribution >= 0.6 is 0 Å². The molecule has 1 aromatic rings. The van der Waals surface area contributed by atoms with E-state index in [2.05, 4.69) is 0 Å². The van der Waals surface area contributed by atoms with E-state index in [1.165, 1.54) is 4.31 Å². The Balaban J connectivity index is 1.76. The summed E-state index contributed by atoms with van der Waals surface area (Å²) in [6.07, 6.45) is 1.28. The van der Waals surface area contributed by atoms with Crippen molar-refractivity contribution < 1.29 is 25.6 Å². The Morgan fingerprint density at radius 1 is 0.913 bits per heavy atom. The van der Waals surface area contributed by atoms with Crippen LogP contribution in [-0.4, -0.2) is 56.9 Å². The Bertz CT molecular complexity index is 814. The number of halogens is 2. The summed E-state index contributed by atoms with van der Waals surface area (Å²) in [5.41, 5.74) is 0. The molecule has 10 heteroatoms. The number of sulfonamides is 2. The average Bonchev–Trinajstić information content (AvgIpc) is 3.32. The second kappa shape index (κ2) is 5.76. The standard InChI is InChI=1S/C13H16F2N2O4S2/c14-10-1-4-13(12(15)9-10)23(20,21)17-7-5-16(6-8-17)22(18,19)11-2-3-11/h1,4,9,11H,2-3,5-8H2. The molecule has 1 heterocycles. The minimum atomic E-state index is -4.11. The van der Waals surface area contributed by atoms with Crippen molar-refractivity contribution in [2.24, 2.45) is 0 Å². The molecule has 0 aromatic heterocycles. The molecule has 128 valence electrons. The smallest absolute Gasteiger partial charge is 0.212 e. The molecule has 1 aromatic carbocycles. The third kappa shape index (κ3) is 3.12. The van der Waals surface area contributed by atoms with Gasteiger partial charge in [0.15, 0.2) is 0 Å². The molecule has 0 spiro atoms. The minimum Gasteiger partial charge on any atom is -0.212 e. The molecular weight excluding hydrogens is 350 g/mol. The van der Waals surface area contributed by atoms with Gasteiger partial charge in [-0.1, -0.05) is 0 Å². The first kappa shape index (κ1) is 16.7. The van der Waals surface area contributed by atoms with Gasteiger partial charge in [0.25, 0.3) is 0 Å². The van der Waals surface area contributed by atoms with Crippen molar-refractivity contribution in [3.05, 3.63) is 29.8 Å². The molecule has 2 aliphatic rings. The predicted octanol–water partition coefficient (Wildman–Crippen LogP) is 0.763. The molecule has 0 bridgehead atoms. The number of rotatable bonds is 4. The maximum absolute atomic E-state index is 13.7. The molecule has 0 N–H and O–H groups in total. The summed E-state index contributed by atoms with van der Waals surface area (Å²) < 4.78 is 78.0. The molecule has 1 aliphatic carbocycles. The lowest BCUT2D eigenvalue weighted by atomic mass is 10.3. The van der Waals surface area contributed by atoms with Gasteiger partial charge in [0.2, 0.25) is 20.0 Å². The normalized spacial score (nSPS) is 21.5. The van der Waals surface area contributed by atoms with E-state index in [9.17, 15) is 25.6 Å². The van der Waals surface area contributed by atoms with Gasteiger partial charge in [0, 0.05) is 32.2 Å². The van der Waals surface area contributed by atoms with E-state index in [1.807, 2.05) is 0 Å². The van der Waals surface area contributed by atoms with Gasteiger partial charge < -0.3 is 0 Å². The second-order valence-electron chi connectivity index (χ2n) is 5.62. The van der Waals surface area contributed by atoms with Gasteiger partial charge in [0.05, 0.1) is 5.25 Å². The fourth-order valence-electron chi connectivity index (χ4n) is 2.56. The van der Waals surface area contributed by atoms with Gasteiger partial charge in [-0.3, -0.25) is 0 Å². The quantitative estimate of drug-likeness (QED) is 0.789. The molecule has 23 heavy (non-hydrogen) atoms. The molecule has 1 saturated carbocycles. The number of hydrogen-bond acceptors (Lipinski definition) is 4. The van der Waals surface area contributed by atoms with Crippen LogP contribution in [-0.2, 0) is 20.0 Å². The summed E-state index contributed by atoms with van der Waals surface area (Å²) in [5.74, 6) is -2.01. The maximum atomic E-state index is 13.7. The molecule has 0 radical (unpaired) electrons. The van der Waals surface area contributed by atoms with E-state index in [0.717, 1.165) is 16.4 Å². The predicted molar refractivity (Wildman–Crippen MR) is 78.6 cm³/mol. The molecule has 1 saturated heterocycles. The first-order valence-electron chi connectivity index (χ1n) is 7.17. The topological polar surface area (TPSA) is 74.8 Å². The third-order valence-electron chi connectivity index (χ3n) is 4.01. The SMILES string of the molecule is O=S(=O)(c1ccc(F)cc1F)N1CCN(S(=O)(=O)C2CC2)CC1. The zero-order valence-electron chi connectivity index (χ0n) is 12.2. The number of nitrogens with zero attached hydrogens (tertiary/aromatic N) is 2. The van der Waals surface area contributed by atoms with Crippen LogP contribution in [0.4, 0.5) is 8.78 Å². The fourth-order valence-corrected chi connectivity index (χ4v) is 5.86. The Kier molecular flexibility index (Phi) is 4.20. The van der Waals surface area contributed by atoms with Crippen molar-refractivity contribution in [1.29, 1.82) is 0 Å². The van der Waals surface area contributed by atoms with Gasteiger partial charge >= 0.3 is 0 Å². The van der Waals surface area contributed by atoms with Crippen molar-refractivity contribution in [2.75, 3.05) is 26.2 Å². The monoisotopic (exact) mass is 366 g/mol. The van der Waals surface area contributed by atoms with Crippen LogP contribution in [0.25, 0.3) is 0 Å². The highest BCUT2D eigenvalue weighted by Gasteiger charge is 2.42. The van der Waals surface area contributed by atoms with E-state index in [1.54, 1.807) is 0 Å². The number of benzene rings is 1. The van der Waals surface area contributed by atoms with Crippen molar-refractivity contribution in [1.82, 2.24) is 8.61 Å². The highest BCUT2D eigenvalue weighted by atomic mass is 32.2. The van der Waals surface area contributed by atoms with Gasteiger partial charge in [-0.15, -0.1) is 0 Å². The van der Waals surface area contributed by atoms with Gasteiger partial charge in [-0.25, -0.2) is 25.6 Å². The van der Waals surface area contributed by atoms with Crippen molar-refractivity contribution in [3.63, 3.8) is 0 Å². The lowest BCUT2D eigenvalue weighted by molar-refractivity contribution is 0.272. The third-order valence-corrected chi connectivity index (χ3v) is 8.35. The van der Waals surface area contributed by atoms with Crippen LogP contribution < -0.4 is 0 Å². The first-order chi connectivity index (χ1) is 10.7. The highest BCUT2D eigenvalue weighted by molar-refractivity contribution is 7.90. The van der Waals surface area contributed by atoms with Crippen LogP contribution in [0.5, 0.6) is 0 Å². The molecule has 6 nitrogen and oxygen atoms in total. The van der Waals surface area contributed by atoms with E-state index in [0.29, 0.717) is 18.9 Å². The maximum Gasteiger partial charge on any atom is 0.246 e. The Morgan fingerprint density at radius 2 is 1.48 bits per heavy atom. The van der Waals surface area contributed by atoms with Crippen molar-refractivity contribution in [3.8, 4) is 0 Å². The summed E-state index contributed by atoms with van der Waals surface area (Å²) in [6, 6.07) is 2.28. The summed E-state index contributed by atoms with van der Waals surface area (Å²) in [7, 11) is -7.46. The zero-order chi connectivity index (χ0) is 16.8. The van der Waals surface area contributed by atoms with Crippen LogP contribution in [0.15, 0.2) is 23.1 Å². The molecule has 3 rings (SSSR count). The van der Waals surface area contributed by atoms with Crippen LogP contribution in [0.3, 0.4) is 0 Å². The summed E-state index contributed by atoms with van der Waals surface area (Å²) in [6.45, 7) is -0.0159. The minimum absolute atomic E-state index is 0.0425. The first-order valence-corrected chi connectivity index (χ1v) is 10.1. The molecule has 1 aliphatic heterocycles. The molecular formula is C13H16F2N2O4S2. The lowest BCUT2D eigenvalue weighted by Crippen LogP contribution is -2.51. The van der Waals surface area contributed by atoms with E-state index >= 15 is 0 Å². The molecule has 2 fully saturated rings. The number of hydrogen-bond donors (Lipinski definition) is 0. The lowest BCUT2D eigenvalue weighted by Gasteiger charge is -2.33. The van der Waals surface area contributed by atoms with E-state index < -0.39 is 36.6 Å². The largest absolute Gasteiger partial charge is 0.246 e. The Morgan fingerprint density at radius 3 is 2.00 bits per heavy atom. The summed E-state index contributed by atoms with van der Waals surface area (Å²) in [4.78, 5) is -0.600. The van der Waals surface area contributed by atoms with Crippen molar-refractivity contribution >= 4 is 20.0 Å². The van der Waals surface area contributed by atoms with Gasteiger partial charge in [0.1, 0.15) is 16.5 Å². The summed E-state index contributed by atoms with van der Waals surface area (Å²) in [5, 5.41) is -0.347. The second-order valence-corrected chi connectivity index (χ2v) is 9.74. The zero-order valence-corrected chi connectivity index (χ0v) is 13.8. The van der Waals surface area contributed by atoms with Crippen LogP contribution in [0.1, 0.15) is 12.8 Å². The van der Waals surface area contributed by atoms with Crippen LogP contribution in [0, 0.1) is 11.6 Å². The molecule has 0 atom stereocenters. The summed E-state index contributed by atoms with van der Waals surface area (Å²) >= 11 is 0. The Labute approximate surface area is 133 Å². The Hall–Kier alpha value is -1.10. The van der Waals surface area contributed by atoms with Crippen LogP contribution in [0.2, 0.25) is 0 Å². The van der Waals surface area contributed by atoms with Gasteiger partial charge in [-0.05, 0) is 25.0 Å². The van der Waals surface area contributed by atoms with E-state index in [4.69, 9.17) is 0 Å². The average molecular weight is 366 g/mol. The fraction of sp³-hybridized carbons (Fsp3) is 0.538. The highest BCUT2D eigenvalue weighted by Crippen LogP contribution is 2.32. The van der Waals surface area contributed by atoms with Crippen molar-refractivity contribution in [2.45, 2.75) is 23.0 Å². The van der Waals surface area contributed by atoms with E-state index in [-0.39, 0.29) is 31.4 Å².